The minimum absolute atomic E-state index is 0.748. The molecule has 3 heteroatoms. The molecule has 1 aliphatic rings. The first-order valence-electron chi connectivity index (χ1n) is 6.95. The van der Waals surface area contributed by atoms with Gasteiger partial charge in [-0.1, -0.05) is 19.9 Å². The quantitative estimate of drug-likeness (QED) is 0.774. The van der Waals surface area contributed by atoms with Gasteiger partial charge in [-0.3, -0.25) is 0 Å². The van der Waals surface area contributed by atoms with Crippen molar-refractivity contribution in [3.63, 3.8) is 0 Å². The molecule has 3 nitrogen and oxygen atoms in total. The highest BCUT2D eigenvalue weighted by atomic mass is 16.5. The zero-order chi connectivity index (χ0) is 12.8. The van der Waals surface area contributed by atoms with E-state index in [1.54, 1.807) is 0 Å². The highest BCUT2D eigenvalue weighted by molar-refractivity contribution is 5.45. The van der Waals surface area contributed by atoms with Crippen LogP contribution >= 0.6 is 0 Å². The normalized spacial score (nSPS) is 14.2. The van der Waals surface area contributed by atoms with E-state index in [1.807, 2.05) is 12.1 Å². The Morgan fingerprint density at radius 2 is 2.11 bits per heavy atom. The fraction of sp³-hybridized carbons (Fsp3) is 0.600. The average Bonchev–Trinajstić information content (AvgIpc) is 2.44. The number of hydrogen-bond acceptors (Lipinski definition) is 3. The Hall–Kier alpha value is -1.22. The van der Waals surface area contributed by atoms with Crippen LogP contribution in [0.5, 0.6) is 11.5 Å². The van der Waals surface area contributed by atoms with E-state index in [-0.39, 0.29) is 0 Å². The molecule has 0 atom stereocenters. The lowest BCUT2D eigenvalue weighted by Crippen LogP contribution is -2.28. The number of likely N-dealkylation sites (N-methyl/N-ethyl adjacent to an activating group) is 1. The molecule has 0 saturated carbocycles. The lowest BCUT2D eigenvalue weighted by Gasteiger charge is -2.22. The second kappa shape index (κ2) is 6.64. The van der Waals surface area contributed by atoms with Gasteiger partial charge >= 0.3 is 0 Å². The summed E-state index contributed by atoms with van der Waals surface area (Å²) >= 11 is 0. The van der Waals surface area contributed by atoms with Crippen molar-refractivity contribution < 1.29 is 9.47 Å². The van der Waals surface area contributed by atoms with Crippen molar-refractivity contribution in [1.82, 2.24) is 4.90 Å². The molecule has 0 radical (unpaired) electrons. The van der Waals surface area contributed by atoms with Gasteiger partial charge in [0.25, 0.3) is 0 Å². The SMILES string of the molecule is CCN(CC)CCOc1cccc2c1CCCO2. The predicted octanol–water partition coefficient (Wildman–Crippen LogP) is 2.73. The molecular formula is C15H23NO2. The summed E-state index contributed by atoms with van der Waals surface area (Å²) in [6.07, 6.45) is 2.15. The van der Waals surface area contributed by atoms with E-state index in [0.29, 0.717) is 0 Å². The molecule has 1 aromatic carbocycles. The van der Waals surface area contributed by atoms with E-state index in [4.69, 9.17) is 9.47 Å². The van der Waals surface area contributed by atoms with Gasteiger partial charge in [0.05, 0.1) is 6.61 Å². The number of hydrogen-bond donors (Lipinski definition) is 0. The molecular weight excluding hydrogens is 226 g/mol. The van der Waals surface area contributed by atoms with E-state index >= 15 is 0 Å². The van der Waals surface area contributed by atoms with E-state index < -0.39 is 0 Å². The molecule has 0 aromatic heterocycles. The van der Waals surface area contributed by atoms with Crippen LogP contribution in [0.4, 0.5) is 0 Å². The zero-order valence-corrected chi connectivity index (χ0v) is 11.4. The first-order chi connectivity index (χ1) is 8.85. The molecule has 0 bridgehead atoms. The molecule has 100 valence electrons. The molecule has 0 N–H and O–H groups in total. The van der Waals surface area contributed by atoms with Gasteiger partial charge < -0.3 is 14.4 Å². The van der Waals surface area contributed by atoms with Crippen molar-refractivity contribution in [2.75, 3.05) is 32.8 Å². The second-order valence-corrected chi connectivity index (χ2v) is 4.56. The average molecular weight is 249 g/mol. The van der Waals surface area contributed by atoms with Gasteiger partial charge in [-0.25, -0.2) is 0 Å². The summed E-state index contributed by atoms with van der Waals surface area (Å²) in [4.78, 5) is 2.37. The number of nitrogens with zero attached hydrogens (tertiary/aromatic N) is 1. The van der Waals surface area contributed by atoms with Gasteiger partial charge in [-0.05, 0) is 38.1 Å². The largest absolute Gasteiger partial charge is 0.493 e. The van der Waals surface area contributed by atoms with Crippen LogP contribution in [0, 0.1) is 0 Å². The molecule has 0 saturated heterocycles. The van der Waals surface area contributed by atoms with E-state index in [0.717, 1.165) is 57.2 Å². The van der Waals surface area contributed by atoms with E-state index in [2.05, 4.69) is 24.8 Å². The third-order valence-corrected chi connectivity index (χ3v) is 3.48. The minimum Gasteiger partial charge on any atom is -0.493 e. The Bertz CT molecular complexity index is 375. The number of rotatable bonds is 6. The minimum atomic E-state index is 0.748. The standard InChI is InChI=1S/C15H23NO2/c1-3-16(4-2)10-12-18-15-9-5-8-14-13(15)7-6-11-17-14/h5,8-9H,3-4,6-7,10-12H2,1-2H3. The van der Waals surface area contributed by atoms with Crippen LogP contribution < -0.4 is 9.47 Å². The van der Waals surface area contributed by atoms with Crippen LogP contribution in [0.15, 0.2) is 18.2 Å². The van der Waals surface area contributed by atoms with Gasteiger partial charge in [0, 0.05) is 12.1 Å². The summed E-state index contributed by atoms with van der Waals surface area (Å²) in [7, 11) is 0. The van der Waals surface area contributed by atoms with Gasteiger partial charge in [-0.2, -0.15) is 0 Å². The van der Waals surface area contributed by atoms with Crippen LogP contribution in [0.2, 0.25) is 0 Å². The molecule has 18 heavy (non-hydrogen) atoms. The van der Waals surface area contributed by atoms with Gasteiger partial charge in [0.15, 0.2) is 0 Å². The number of benzene rings is 1. The van der Waals surface area contributed by atoms with Crippen LogP contribution in [-0.2, 0) is 6.42 Å². The fourth-order valence-corrected chi connectivity index (χ4v) is 2.32. The molecule has 2 rings (SSSR count). The summed E-state index contributed by atoms with van der Waals surface area (Å²) in [6, 6.07) is 6.10. The molecule has 0 aliphatic carbocycles. The third-order valence-electron chi connectivity index (χ3n) is 3.48. The van der Waals surface area contributed by atoms with Gasteiger partial charge in [-0.15, -0.1) is 0 Å². The fourth-order valence-electron chi connectivity index (χ4n) is 2.32. The van der Waals surface area contributed by atoms with E-state index in [9.17, 15) is 0 Å². The monoisotopic (exact) mass is 249 g/mol. The number of ether oxygens (including phenoxy) is 2. The molecule has 0 amide bonds. The molecule has 0 fully saturated rings. The van der Waals surface area contributed by atoms with Gasteiger partial charge in [0.1, 0.15) is 18.1 Å². The Morgan fingerprint density at radius 3 is 2.89 bits per heavy atom. The van der Waals surface area contributed by atoms with Crippen LogP contribution in [0.25, 0.3) is 0 Å². The van der Waals surface area contributed by atoms with Crippen molar-refractivity contribution in [3.05, 3.63) is 23.8 Å². The van der Waals surface area contributed by atoms with Crippen molar-refractivity contribution in [1.29, 1.82) is 0 Å². The first kappa shape index (κ1) is 13.2. The molecule has 0 unspecified atom stereocenters. The highest BCUT2D eigenvalue weighted by Gasteiger charge is 2.14. The maximum atomic E-state index is 5.92. The smallest absolute Gasteiger partial charge is 0.126 e. The predicted molar refractivity (Wildman–Crippen MR) is 73.5 cm³/mol. The zero-order valence-electron chi connectivity index (χ0n) is 11.4. The topological polar surface area (TPSA) is 21.7 Å². The maximum absolute atomic E-state index is 5.92. The molecule has 1 aromatic rings. The van der Waals surface area contributed by atoms with Crippen molar-refractivity contribution in [2.24, 2.45) is 0 Å². The van der Waals surface area contributed by atoms with Gasteiger partial charge in [0.2, 0.25) is 0 Å². The lowest BCUT2D eigenvalue weighted by atomic mass is 10.1. The first-order valence-corrected chi connectivity index (χ1v) is 6.95. The van der Waals surface area contributed by atoms with Crippen LogP contribution in [-0.4, -0.2) is 37.7 Å². The van der Waals surface area contributed by atoms with Crippen molar-refractivity contribution in [2.45, 2.75) is 26.7 Å². The molecule has 1 heterocycles. The summed E-state index contributed by atoms with van der Waals surface area (Å²) in [5, 5.41) is 0. The summed E-state index contributed by atoms with van der Waals surface area (Å²) < 4.78 is 11.6. The van der Waals surface area contributed by atoms with Crippen molar-refractivity contribution in [3.8, 4) is 11.5 Å². The second-order valence-electron chi connectivity index (χ2n) is 4.56. The Balaban J connectivity index is 1.93. The maximum Gasteiger partial charge on any atom is 0.126 e. The van der Waals surface area contributed by atoms with Crippen LogP contribution in [0.1, 0.15) is 25.8 Å². The summed E-state index contributed by atoms with van der Waals surface area (Å²) in [6.45, 7) is 9.08. The molecule has 1 aliphatic heterocycles. The highest BCUT2D eigenvalue weighted by Crippen LogP contribution is 2.32. The Morgan fingerprint density at radius 1 is 1.28 bits per heavy atom. The summed E-state index contributed by atoms with van der Waals surface area (Å²) in [5.74, 6) is 2.00. The van der Waals surface area contributed by atoms with Crippen LogP contribution in [0.3, 0.4) is 0 Å². The third kappa shape index (κ3) is 3.16. The summed E-state index contributed by atoms with van der Waals surface area (Å²) in [5.41, 5.74) is 1.24. The molecule has 0 spiro atoms. The Kier molecular flexibility index (Phi) is 4.88. The Labute approximate surface area is 110 Å². The number of fused-ring (bicyclic) bond motifs is 1. The van der Waals surface area contributed by atoms with Crippen molar-refractivity contribution >= 4 is 0 Å². The van der Waals surface area contributed by atoms with E-state index in [1.165, 1.54) is 5.56 Å². The lowest BCUT2D eigenvalue weighted by molar-refractivity contribution is 0.218.